The van der Waals surface area contributed by atoms with Gasteiger partial charge in [0, 0.05) is 24.7 Å². The second-order valence-corrected chi connectivity index (χ2v) is 6.82. The van der Waals surface area contributed by atoms with Crippen molar-refractivity contribution in [2.75, 3.05) is 18.0 Å². The summed E-state index contributed by atoms with van der Waals surface area (Å²) in [5.74, 6) is 0.320. The van der Waals surface area contributed by atoms with Crippen LogP contribution in [0.3, 0.4) is 0 Å². The number of ether oxygens (including phenoxy) is 1. The molecule has 2 rings (SSSR count). The summed E-state index contributed by atoms with van der Waals surface area (Å²) in [6, 6.07) is 3.65. The number of hydrogen-bond donors (Lipinski definition) is 2. The van der Waals surface area contributed by atoms with Gasteiger partial charge in [-0.15, -0.1) is 0 Å². The molecule has 1 aromatic rings. The van der Waals surface area contributed by atoms with E-state index in [1.165, 1.54) is 0 Å². The number of amides is 2. The fourth-order valence-electron chi connectivity index (χ4n) is 2.85. The third kappa shape index (κ3) is 3.38. The van der Waals surface area contributed by atoms with E-state index in [4.69, 9.17) is 10.5 Å². The molecule has 2 amide bonds. The number of nitrogens with zero attached hydrogens (tertiary/aromatic N) is 1. The SMILES string of the molecule is CCc1cc2c(cc1C(=O)NC(C)C)N(CCN)C(=O)C(C)(C)O2. The molecule has 0 bridgehead atoms. The summed E-state index contributed by atoms with van der Waals surface area (Å²) in [6.07, 6.45) is 0.697. The van der Waals surface area contributed by atoms with Gasteiger partial charge in [0.15, 0.2) is 5.60 Å². The van der Waals surface area contributed by atoms with Crippen LogP contribution in [0.15, 0.2) is 12.1 Å². The number of carbonyl (C=O) groups excluding carboxylic acids is 2. The van der Waals surface area contributed by atoms with Crippen LogP contribution < -0.4 is 20.7 Å². The van der Waals surface area contributed by atoms with Crippen molar-refractivity contribution < 1.29 is 14.3 Å². The second kappa shape index (κ2) is 6.81. The van der Waals surface area contributed by atoms with Crippen molar-refractivity contribution in [3.8, 4) is 5.75 Å². The highest BCUT2D eigenvalue weighted by atomic mass is 16.5. The molecule has 1 aromatic carbocycles. The Labute approximate surface area is 143 Å². The lowest BCUT2D eigenvalue weighted by molar-refractivity contribution is -0.132. The molecule has 6 heteroatoms. The van der Waals surface area contributed by atoms with Gasteiger partial charge >= 0.3 is 0 Å². The van der Waals surface area contributed by atoms with Crippen molar-refractivity contribution >= 4 is 17.5 Å². The molecular formula is C18H27N3O3. The molecule has 3 N–H and O–H groups in total. The third-order valence-electron chi connectivity index (χ3n) is 4.00. The predicted octanol–water partition coefficient (Wildman–Crippen LogP) is 1.85. The summed E-state index contributed by atoms with van der Waals surface area (Å²) in [5.41, 5.74) is 6.80. The van der Waals surface area contributed by atoms with E-state index in [0.717, 1.165) is 5.56 Å². The fraction of sp³-hybridized carbons (Fsp3) is 0.556. The molecule has 1 heterocycles. The summed E-state index contributed by atoms with van der Waals surface area (Å²) < 4.78 is 5.90. The Hall–Kier alpha value is -2.08. The summed E-state index contributed by atoms with van der Waals surface area (Å²) in [4.78, 5) is 26.8. The van der Waals surface area contributed by atoms with Crippen molar-refractivity contribution in [1.29, 1.82) is 0 Å². The third-order valence-corrected chi connectivity index (χ3v) is 4.00. The van der Waals surface area contributed by atoms with Gasteiger partial charge < -0.3 is 20.7 Å². The van der Waals surface area contributed by atoms with Crippen LogP contribution in [0, 0.1) is 0 Å². The molecule has 0 aliphatic carbocycles. The number of hydrogen-bond acceptors (Lipinski definition) is 4. The van der Waals surface area contributed by atoms with E-state index in [2.05, 4.69) is 5.32 Å². The first-order valence-electron chi connectivity index (χ1n) is 8.40. The Bertz CT molecular complexity index is 653. The Kier molecular flexibility index (Phi) is 5.18. The minimum Gasteiger partial charge on any atom is -0.476 e. The molecule has 0 fully saturated rings. The highest BCUT2D eigenvalue weighted by molar-refractivity contribution is 6.05. The zero-order valence-corrected chi connectivity index (χ0v) is 15.1. The van der Waals surface area contributed by atoms with Gasteiger partial charge in [-0.05, 0) is 51.8 Å². The minimum atomic E-state index is -0.950. The summed E-state index contributed by atoms with van der Waals surface area (Å²) in [5, 5.41) is 2.91. The molecule has 0 radical (unpaired) electrons. The highest BCUT2D eigenvalue weighted by Gasteiger charge is 2.41. The van der Waals surface area contributed by atoms with Crippen LogP contribution in [0.1, 0.15) is 50.5 Å². The molecular weight excluding hydrogens is 306 g/mol. The first-order chi connectivity index (χ1) is 11.2. The summed E-state index contributed by atoms with van der Waals surface area (Å²) >= 11 is 0. The van der Waals surface area contributed by atoms with E-state index in [1.54, 1.807) is 24.8 Å². The molecule has 0 aromatic heterocycles. The standard InChI is InChI=1S/C18H27N3O3/c1-6-12-9-15-14(10-13(12)16(22)20-11(2)3)21(8-7-19)17(23)18(4,5)24-15/h9-11H,6-8,19H2,1-5H3,(H,20,22). The smallest absolute Gasteiger partial charge is 0.270 e. The van der Waals surface area contributed by atoms with E-state index in [9.17, 15) is 9.59 Å². The molecule has 1 aliphatic heterocycles. The Morgan fingerprint density at radius 3 is 2.58 bits per heavy atom. The van der Waals surface area contributed by atoms with Crippen LogP contribution in [0.4, 0.5) is 5.69 Å². The lowest BCUT2D eigenvalue weighted by Gasteiger charge is -2.39. The van der Waals surface area contributed by atoms with Crippen molar-refractivity contribution in [2.45, 2.75) is 52.7 Å². The van der Waals surface area contributed by atoms with Gasteiger partial charge in [-0.2, -0.15) is 0 Å². The van der Waals surface area contributed by atoms with Gasteiger partial charge in [-0.3, -0.25) is 9.59 Å². The molecule has 132 valence electrons. The monoisotopic (exact) mass is 333 g/mol. The maximum Gasteiger partial charge on any atom is 0.270 e. The molecule has 0 unspecified atom stereocenters. The maximum atomic E-state index is 12.7. The zero-order valence-electron chi connectivity index (χ0n) is 15.1. The number of carbonyl (C=O) groups is 2. The summed E-state index contributed by atoms with van der Waals surface area (Å²) in [7, 11) is 0. The number of rotatable bonds is 5. The zero-order chi connectivity index (χ0) is 18.1. The first kappa shape index (κ1) is 18.3. The number of benzene rings is 1. The first-order valence-corrected chi connectivity index (χ1v) is 8.40. The average molecular weight is 333 g/mol. The molecule has 0 saturated carbocycles. The van der Waals surface area contributed by atoms with Crippen LogP contribution in [0.5, 0.6) is 5.75 Å². The number of nitrogens with one attached hydrogen (secondary N) is 1. The maximum absolute atomic E-state index is 12.7. The molecule has 24 heavy (non-hydrogen) atoms. The summed E-state index contributed by atoms with van der Waals surface area (Å²) in [6.45, 7) is 10.0. The molecule has 0 atom stereocenters. The Balaban J connectivity index is 2.56. The van der Waals surface area contributed by atoms with Gasteiger partial charge in [0.2, 0.25) is 0 Å². The van der Waals surface area contributed by atoms with Crippen LogP contribution in [-0.4, -0.2) is 36.5 Å². The van der Waals surface area contributed by atoms with Gasteiger partial charge in [0.05, 0.1) is 5.69 Å². The number of fused-ring (bicyclic) bond motifs is 1. The van der Waals surface area contributed by atoms with E-state index >= 15 is 0 Å². The quantitative estimate of drug-likeness (QED) is 0.861. The number of anilines is 1. The Morgan fingerprint density at radius 1 is 1.38 bits per heavy atom. The van der Waals surface area contributed by atoms with Gasteiger partial charge in [-0.1, -0.05) is 6.92 Å². The van der Waals surface area contributed by atoms with Crippen LogP contribution in [0.2, 0.25) is 0 Å². The van der Waals surface area contributed by atoms with Gasteiger partial charge in [-0.25, -0.2) is 0 Å². The minimum absolute atomic E-state index is 0.0372. The molecule has 0 saturated heterocycles. The van der Waals surface area contributed by atoms with Crippen molar-refractivity contribution in [3.05, 3.63) is 23.3 Å². The van der Waals surface area contributed by atoms with E-state index in [0.29, 0.717) is 36.5 Å². The van der Waals surface area contributed by atoms with E-state index in [1.807, 2.05) is 26.8 Å². The van der Waals surface area contributed by atoms with Crippen LogP contribution >= 0.6 is 0 Å². The van der Waals surface area contributed by atoms with E-state index < -0.39 is 5.60 Å². The number of aryl methyl sites for hydroxylation is 1. The Morgan fingerprint density at radius 2 is 2.04 bits per heavy atom. The lowest BCUT2D eigenvalue weighted by Crippen LogP contribution is -2.53. The second-order valence-electron chi connectivity index (χ2n) is 6.82. The number of nitrogens with two attached hydrogens (primary N) is 1. The van der Waals surface area contributed by atoms with Crippen molar-refractivity contribution in [1.82, 2.24) is 5.32 Å². The van der Waals surface area contributed by atoms with Crippen molar-refractivity contribution in [2.24, 2.45) is 5.73 Å². The average Bonchev–Trinajstić information content (AvgIpc) is 2.49. The highest BCUT2D eigenvalue weighted by Crippen LogP contribution is 2.39. The van der Waals surface area contributed by atoms with Crippen LogP contribution in [0.25, 0.3) is 0 Å². The molecule has 6 nitrogen and oxygen atoms in total. The normalized spacial score (nSPS) is 16.0. The van der Waals surface area contributed by atoms with Gasteiger partial charge in [0.25, 0.3) is 11.8 Å². The largest absolute Gasteiger partial charge is 0.476 e. The fourth-order valence-corrected chi connectivity index (χ4v) is 2.85. The lowest BCUT2D eigenvalue weighted by atomic mass is 9.98. The molecule has 1 aliphatic rings. The predicted molar refractivity (Wildman–Crippen MR) is 94.5 cm³/mol. The van der Waals surface area contributed by atoms with E-state index in [-0.39, 0.29) is 17.9 Å². The van der Waals surface area contributed by atoms with Gasteiger partial charge in [0.1, 0.15) is 5.75 Å². The van der Waals surface area contributed by atoms with Crippen molar-refractivity contribution in [3.63, 3.8) is 0 Å². The topological polar surface area (TPSA) is 84.7 Å². The van der Waals surface area contributed by atoms with Crippen LogP contribution in [-0.2, 0) is 11.2 Å². The molecule has 0 spiro atoms.